The highest BCUT2D eigenvalue weighted by Crippen LogP contribution is 2.13. The first-order valence-corrected chi connectivity index (χ1v) is 5.17. The highest BCUT2D eigenvalue weighted by Gasteiger charge is 2.07. The lowest BCUT2D eigenvalue weighted by molar-refractivity contribution is 0.178. The molecule has 2 unspecified atom stereocenters. The fourth-order valence-electron chi connectivity index (χ4n) is 1.26. The third-order valence-corrected chi connectivity index (χ3v) is 2.45. The minimum atomic E-state index is -0.333. The summed E-state index contributed by atoms with van der Waals surface area (Å²) in [7, 11) is 0. The Morgan fingerprint density at radius 1 is 1.36 bits per heavy atom. The predicted molar refractivity (Wildman–Crippen MR) is 60.6 cm³/mol. The first-order valence-electron chi connectivity index (χ1n) is 5.17. The van der Waals surface area contributed by atoms with E-state index in [0.29, 0.717) is 0 Å². The van der Waals surface area contributed by atoms with Gasteiger partial charge in [0.1, 0.15) is 0 Å². The Balaban J connectivity index is 2.66. The van der Waals surface area contributed by atoms with Gasteiger partial charge in [-0.2, -0.15) is 0 Å². The first kappa shape index (κ1) is 11.1. The van der Waals surface area contributed by atoms with Crippen molar-refractivity contribution in [2.24, 2.45) is 0 Å². The van der Waals surface area contributed by atoms with Gasteiger partial charge in [0, 0.05) is 11.7 Å². The molecule has 0 aliphatic rings. The molecule has 1 aromatic carbocycles. The Labute approximate surface area is 86.0 Å². The van der Waals surface area contributed by atoms with E-state index in [1.807, 2.05) is 19.1 Å². The molecule has 14 heavy (non-hydrogen) atoms. The van der Waals surface area contributed by atoms with E-state index < -0.39 is 0 Å². The minimum absolute atomic E-state index is 0.0853. The van der Waals surface area contributed by atoms with Crippen LogP contribution in [0.2, 0.25) is 0 Å². The maximum atomic E-state index is 9.35. The van der Waals surface area contributed by atoms with Crippen LogP contribution in [0.4, 0.5) is 5.69 Å². The molecule has 78 valence electrons. The Morgan fingerprint density at radius 2 is 2.07 bits per heavy atom. The summed E-state index contributed by atoms with van der Waals surface area (Å²) in [6.07, 6.45) is 0.707. The van der Waals surface area contributed by atoms with Gasteiger partial charge in [0.05, 0.1) is 6.10 Å². The molecule has 0 saturated heterocycles. The van der Waals surface area contributed by atoms with Crippen molar-refractivity contribution in [3.63, 3.8) is 0 Å². The van der Waals surface area contributed by atoms with Crippen molar-refractivity contribution in [1.82, 2.24) is 0 Å². The third-order valence-electron chi connectivity index (χ3n) is 2.45. The maximum absolute atomic E-state index is 9.35. The number of aliphatic hydroxyl groups is 1. The predicted octanol–water partition coefficient (Wildman–Crippen LogP) is 2.43. The molecule has 0 fully saturated rings. The average Bonchev–Trinajstić information content (AvgIpc) is 2.18. The Morgan fingerprint density at radius 3 is 2.64 bits per heavy atom. The van der Waals surface area contributed by atoms with Crippen LogP contribution in [0.5, 0.6) is 0 Å². The monoisotopic (exact) mass is 193 g/mol. The summed E-state index contributed by atoms with van der Waals surface area (Å²) in [5.41, 5.74) is 2.39. The molecule has 0 aliphatic heterocycles. The third kappa shape index (κ3) is 3.04. The Kier molecular flexibility index (Phi) is 3.96. The van der Waals surface area contributed by atoms with Crippen LogP contribution in [0.3, 0.4) is 0 Å². The van der Waals surface area contributed by atoms with E-state index in [0.717, 1.165) is 12.1 Å². The molecule has 2 N–H and O–H groups in total. The van der Waals surface area contributed by atoms with E-state index in [-0.39, 0.29) is 12.1 Å². The molecular weight excluding hydrogens is 174 g/mol. The van der Waals surface area contributed by atoms with Gasteiger partial charge in [-0.05, 0) is 38.0 Å². The number of aryl methyl sites for hydroxylation is 1. The number of nitrogens with one attached hydrogen (secondary N) is 1. The van der Waals surface area contributed by atoms with Crippen LogP contribution in [0.1, 0.15) is 26.3 Å². The number of hydrogen-bond acceptors (Lipinski definition) is 2. The van der Waals surface area contributed by atoms with Crippen LogP contribution in [-0.4, -0.2) is 17.3 Å². The molecule has 0 heterocycles. The van der Waals surface area contributed by atoms with Gasteiger partial charge in [0.15, 0.2) is 0 Å². The lowest BCUT2D eigenvalue weighted by Gasteiger charge is -2.18. The molecule has 0 bridgehead atoms. The van der Waals surface area contributed by atoms with Crippen molar-refractivity contribution < 1.29 is 5.11 Å². The van der Waals surface area contributed by atoms with Gasteiger partial charge < -0.3 is 10.4 Å². The van der Waals surface area contributed by atoms with Gasteiger partial charge in [-0.3, -0.25) is 0 Å². The van der Waals surface area contributed by atoms with Crippen molar-refractivity contribution in [2.75, 3.05) is 5.32 Å². The van der Waals surface area contributed by atoms with E-state index in [1.165, 1.54) is 5.56 Å². The standard InChI is InChI=1S/C12H19NO/c1-4-11-6-5-7-12(8-11)13-9(2)10(3)14/h5-10,13-14H,4H2,1-3H3. The van der Waals surface area contributed by atoms with E-state index >= 15 is 0 Å². The summed E-state index contributed by atoms with van der Waals surface area (Å²) in [4.78, 5) is 0. The number of benzene rings is 1. The molecule has 0 aliphatic carbocycles. The maximum Gasteiger partial charge on any atom is 0.0710 e. The summed E-state index contributed by atoms with van der Waals surface area (Å²) in [6, 6.07) is 8.38. The van der Waals surface area contributed by atoms with Crippen molar-refractivity contribution in [3.8, 4) is 0 Å². The molecule has 0 spiro atoms. The van der Waals surface area contributed by atoms with E-state index in [4.69, 9.17) is 0 Å². The van der Waals surface area contributed by atoms with Crippen molar-refractivity contribution >= 4 is 5.69 Å². The summed E-state index contributed by atoms with van der Waals surface area (Å²) in [5.74, 6) is 0. The number of rotatable bonds is 4. The van der Waals surface area contributed by atoms with Gasteiger partial charge in [-0.15, -0.1) is 0 Å². The average molecular weight is 193 g/mol. The van der Waals surface area contributed by atoms with Crippen LogP contribution in [-0.2, 0) is 6.42 Å². The number of hydrogen-bond donors (Lipinski definition) is 2. The molecule has 2 nitrogen and oxygen atoms in total. The molecule has 0 saturated carbocycles. The lowest BCUT2D eigenvalue weighted by atomic mass is 10.1. The molecule has 1 aromatic rings. The van der Waals surface area contributed by atoms with Crippen LogP contribution in [0, 0.1) is 0 Å². The second kappa shape index (κ2) is 5.01. The van der Waals surface area contributed by atoms with E-state index in [9.17, 15) is 5.11 Å². The van der Waals surface area contributed by atoms with Crippen LogP contribution >= 0.6 is 0 Å². The second-order valence-electron chi connectivity index (χ2n) is 3.73. The minimum Gasteiger partial charge on any atom is -0.391 e. The van der Waals surface area contributed by atoms with Crippen LogP contribution in [0.15, 0.2) is 24.3 Å². The fourth-order valence-corrected chi connectivity index (χ4v) is 1.26. The fraction of sp³-hybridized carbons (Fsp3) is 0.500. The Hall–Kier alpha value is -1.02. The molecule has 0 radical (unpaired) electrons. The largest absolute Gasteiger partial charge is 0.391 e. The van der Waals surface area contributed by atoms with Gasteiger partial charge in [0.25, 0.3) is 0 Å². The molecule has 2 atom stereocenters. The number of anilines is 1. The summed E-state index contributed by atoms with van der Waals surface area (Å²) >= 11 is 0. The van der Waals surface area contributed by atoms with Crippen molar-refractivity contribution in [1.29, 1.82) is 0 Å². The highest BCUT2D eigenvalue weighted by atomic mass is 16.3. The van der Waals surface area contributed by atoms with Gasteiger partial charge in [0.2, 0.25) is 0 Å². The van der Waals surface area contributed by atoms with Gasteiger partial charge in [-0.25, -0.2) is 0 Å². The molecule has 0 aromatic heterocycles. The van der Waals surface area contributed by atoms with Crippen molar-refractivity contribution in [2.45, 2.75) is 39.3 Å². The summed E-state index contributed by atoms with van der Waals surface area (Å²) in [5, 5.41) is 12.6. The zero-order valence-corrected chi connectivity index (χ0v) is 9.12. The first-order chi connectivity index (χ1) is 6.63. The summed E-state index contributed by atoms with van der Waals surface area (Å²) < 4.78 is 0. The molecular formula is C12H19NO. The quantitative estimate of drug-likeness (QED) is 0.769. The van der Waals surface area contributed by atoms with Gasteiger partial charge in [-0.1, -0.05) is 19.1 Å². The smallest absolute Gasteiger partial charge is 0.0710 e. The summed E-state index contributed by atoms with van der Waals surface area (Å²) in [6.45, 7) is 5.90. The van der Waals surface area contributed by atoms with Crippen LogP contribution < -0.4 is 5.32 Å². The zero-order valence-electron chi connectivity index (χ0n) is 9.12. The van der Waals surface area contributed by atoms with E-state index in [2.05, 4.69) is 24.4 Å². The SMILES string of the molecule is CCc1cccc(NC(C)C(C)O)c1. The second-order valence-corrected chi connectivity index (χ2v) is 3.73. The topological polar surface area (TPSA) is 32.3 Å². The van der Waals surface area contributed by atoms with Gasteiger partial charge >= 0.3 is 0 Å². The molecule has 0 amide bonds. The lowest BCUT2D eigenvalue weighted by Crippen LogP contribution is -2.27. The van der Waals surface area contributed by atoms with E-state index in [1.54, 1.807) is 6.92 Å². The number of aliphatic hydroxyl groups excluding tert-OH is 1. The Bertz CT molecular complexity index is 283. The normalized spacial score (nSPS) is 14.9. The molecule has 1 rings (SSSR count). The highest BCUT2D eigenvalue weighted by molar-refractivity contribution is 5.46. The van der Waals surface area contributed by atoms with Crippen molar-refractivity contribution in [3.05, 3.63) is 29.8 Å². The zero-order chi connectivity index (χ0) is 10.6. The molecule has 2 heteroatoms. The van der Waals surface area contributed by atoms with Crippen LogP contribution in [0.25, 0.3) is 0 Å².